The van der Waals surface area contributed by atoms with Gasteiger partial charge in [-0.25, -0.2) is 4.98 Å². The monoisotopic (exact) mass is 242 g/mol. The Morgan fingerprint density at radius 1 is 1.33 bits per heavy atom. The summed E-state index contributed by atoms with van der Waals surface area (Å²) in [6.45, 7) is 4.08. The Labute approximate surface area is 104 Å². The Hall–Kier alpha value is -2.30. The zero-order valence-electron chi connectivity index (χ0n) is 10.3. The Balaban J connectivity index is 2.15. The summed E-state index contributed by atoms with van der Waals surface area (Å²) in [6, 6.07) is 5.62. The minimum atomic E-state index is 0.258. The zero-order valence-corrected chi connectivity index (χ0v) is 10.3. The van der Waals surface area contributed by atoms with Crippen LogP contribution < -0.4 is 5.73 Å². The largest absolute Gasteiger partial charge is 0.439 e. The first-order valence-electron chi connectivity index (χ1n) is 5.85. The summed E-state index contributed by atoms with van der Waals surface area (Å²) in [5.74, 6) is 1.63. The highest BCUT2D eigenvalue weighted by Gasteiger charge is 2.14. The maximum Gasteiger partial charge on any atom is 0.197 e. The van der Waals surface area contributed by atoms with Gasteiger partial charge in [-0.1, -0.05) is 13.8 Å². The zero-order chi connectivity index (χ0) is 12.7. The number of benzene rings is 1. The third kappa shape index (κ3) is 1.64. The molecule has 0 radical (unpaired) electrons. The van der Waals surface area contributed by atoms with E-state index in [-0.39, 0.29) is 5.92 Å². The van der Waals surface area contributed by atoms with E-state index in [9.17, 15) is 0 Å². The van der Waals surface area contributed by atoms with Gasteiger partial charge in [0.1, 0.15) is 5.69 Å². The minimum Gasteiger partial charge on any atom is -0.439 e. The summed E-state index contributed by atoms with van der Waals surface area (Å²) >= 11 is 0. The van der Waals surface area contributed by atoms with Crippen LogP contribution in [0, 0.1) is 0 Å². The summed E-state index contributed by atoms with van der Waals surface area (Å²) in [4.78, 5) is 4.25. The van der Waals surface area contributed by atoms with E-state index in [2.05, 4.69) is 15.2 Å². The summed E-state index contributed by atoms with van der Waals surface area (Å²) in [6.07, 6.45) is 1.70. The summed E-state index contributed by atoms with van der Waals surface area (Å²) < 4.78 is 5.70. The molecule has 0 aliphatic rings. The van der Waals surface area contributed by atoms with Crippen LogP contribution in [0.15, 0.2) is 28.8 Å². The molecule has 2 aromatic heterocycles. The van der Waals surface area contributed by atoms with Crippen molar-refractivity contribution in [3.8, 4) is 11.5 Å². The molecule has 92 valence electrons. The van der Waals surface area contributed by atoms with Gasteiger partial charge in [0.25, 0.3) is 0 Å². The van der Waals surface area contributed by atoms with Gasteiger partial charge >= 0.3 is 0 Å². The summed E-state index contributed by atoms with van der Waals surface area (Å²) in [5, 5.41) is 8.17. The number of nitrogens with zero attached hydrogens (tertiary/aromatic N) is 2. The topological polar surface area (TPSA) is 80.7 Å². The molecule has 5 nitrogen and oxygen atoms in total. The maximum atomic E-state index is 5.80. The predicted molar refractivity (Wildman–Crippen MR) is 70.1 cm³/mol. The molecule has 2 heterocycles. The van der Waals surface area contributed by atoms with Gasteiger partial charge in [-0.05, 0) is 18.2 Å². The van der Waals surface area contributed by atoms with Crippen LogP contribution >= 0.6 is 0 Å². The number of nitrogens with one attached hydrogen (secondary N) is 1. The number of oxazole rings is 1. The van der Waals surface area contributed by atoms with E-state index in [1.54, 1.807) is 6.20 Å². The fraction of sp³-hybridized carbons (Fsp3) is 0.231. The van der Waals surface area contributed by atoms with Crippen LogP contribution in [0.25, 0.3) is 22.4 Å². The first-order valence-corrected chi connectivity index (χ1v) is 5.85. The molecule has 0 amide bonds. The molecular weight excluding hydrogens is 228 g/mol. The van der Waals surface area contributed by atoms with Crippen LogP contribution in [-0.2, 0) is 0 Å². The average Bonchev–Trinajstić information content (AvgIpc) is 2.93. The van der Waals surface area contributed by atoms with E-state index < -0.39 is 0 Å². The van der Waals surface area contributed by atoms with Crippen LogP contribution in [0.4, 0.5) is 5.69 Å². The molecule has 3 aromatic rings. The van der Waals surface area contributed by atoms with Crippen molar-refractivity contribution in [3.63, 3.8) is 0 Å². The number of H-pyrrole nitrogens is 1. The molecule has 0 spiro atoms. The Kier molecular flexibility index (Phi) is 2.33. The lowest BCUT2D eigenvalue weighted by Crippen LogP contribution is -1.84. The Morgan fingerprint density at radius 3 is 2.89 bits per heavy atom. The van der Waals surface area contributed by atoms with Crippen LogP contribution in [0.2, 0.25) is 0 Å². The van der Waals surface area contributed by atoms with E-state index in [0.717, 1.165) is 16.6 Å². The highest BCUT2D eigenvalue weighted by atomic mass is 16.4. The molecule has 3 N–H and O–H groups in total. The molecule has 0 aliphatic carbocycles. The fourth-order valence-electron chi connectivity index (χ4n) is 1.88. The molecule has 0 unspecified atom stereocenters. The van der Waals surface area contributed by atoms with Crippen molar-refractivity contribution in [1.82, 2.24) is 15.2 Å². The predicted octanol–water partition coefficient (Wildman–Crippen LogP) is 2.92. The molecule has 0 aliphatic heterocycles. The number of hydrogen-bond donors (Lipinski definition) is 2. The smallest absolute Gasteiger partial charge is 0.197 e. The quantitative estimate of drug-likeness (QED) is 0.677. The number of rotatable bonds is 2. The van der Waals surface area contributed by atoms with Gasteiger partial charge in [0.2, 0.25) is 0 Å². The summed E-state index contributed by atoms with van der Waals surface area (Å²) in [5.41, 5.74) is 8.18. The van der Waals surface area contributed by atoms with E-state index in [1.807, 2.05) is 32.0 Å². The Bertz CT molecular complexity index is 696. The molecule has 3 rings (SSSR count). The number of fused-ring (bicyclic) bond motifs is 1. The standard InChI is InChI=1S/C13H14N4O/c1-7(2)13-15-6-11(18-13)12-9-5-8(14)3-4-10(9)16-17-12/h3-7H,14H2,1-2H3,(H,16,17). The van der Waals surface area contributed by atoms with Crippen molar-refractivity contribution in [1.29, 1.82) is 0 Å². The Morgan fingerprint density at radius 2 is 2.17 bits per heavy atom. The third-order valence-corrected chi connectivity index (χ3v) is 2.84. The normalized spacial score (nSPS) is 11.5. The number of anilines is 1. The fourth-order valence-corrected chi connectivity index (χ4v) is 1.88. The van der Waals surface area contributed by atoms with Crippen LogP contribution in [0.1, 0.15) is 25.7 Å². The molecule has 0 saturated carbocycles. The van der Waals surface area contributed by atoms with Crippen molar-refractivity contribution in [2.24, 2.45) is 0 Å². The lowest BCUT2D eigenvalue weighted by Gasteiger charge is -1.97. The third-order valence-electron chi connectivity index (χ3n) is 2.84. The van der Waals surface area contributed by atoms with E-state index in [1.165, 1.54) is 0 Å². The van der Waals surface area contributed by atoms with Gasteiger partial charge in [0, 0.05) is 17.0 Å². The van der Waals surface area contributed by atoms with Crippen LogP contribution in [0.3, 0.4) is 0 Å². The number of aromatic amines is 1. The molecule has 5 heteroatoms. The number of aromatic nitrogens is 3. The van der Waals surface area contributed by atoms with Gasteiger partial charge in [-0.3, -0.25) is 5.10 Å². The SMILES string of the molecule is CC(C)c1ncc(-c2n[nH]c3ccc(N)cc23)o1. The van der Waals surface area contributed by atoms with Gasteiger partial charge in [0.05, 0.1) is 11.7 Å². The minimum absolute atomic E-state index is 0.258. The molecule has 1 aromatic carbocycles. The second-order valence-corrected chi connectivity index (χ2v) is 4.59. The van der Waals surface area contributed by atoms with Crippen molar-refractivity contribution in [2.45, 2.75) is 19.8 Å². The molecule has 0 bridgehead atoms. The highest BCUT2D eigenvalue weighted by Crippen LogP contribution is 2.29. The number of nitrogens with two attached hydrogens (primary N) is 1. The van der Waals surface area contributed by atoms with Crippen molar-refractivity contribution in [2.75, 3.05) is 5.73 Å². The molecule has 0 fully saturated rings. The number of nitrogen functional groups attached to an aromatic ring is 1. The van der Waals surface area contributed by atoms with Gasteiger partial charge in [0.15, 0.2) is 11.7 Å². The molecule has 18 heavy (non-hydrogen) atoms. The van der Waals surface area contributed by atoms with E-state index >= 15 is 0 Å². The van der Waals surface area contributed by atoms with Crippen molar-refractivity contribution in [3.05, 3.63) is 30.3 Å². The molecular formula is C13H14N4O. The number of hydrogen-bond acceptors (Lipinski definition) is 4. The second-order valence-electron chi connectivity index (χ2n) is 4.59. The second kappa shape index (κ2) is 3.87. The molecule has 0 atom stereocenters. The van der Waals surface area contributed by atoms with Crippen LogP contribution in [0.5, 0.6) is 0 Å². The first kappa shape index (κ1) is 10.8. The van der Waals surface area contributed by atoms with Gasteiger partial charge < -0.3 is 10.2 Å². The van der Waals surface area contributed by atoms with E-state index in [4.69, 9.17) is 10.2 Å². The maximum absolute atomic E-state index is 5.80. The molecule has 0 saturated heterocycles. The van der Waals surface area contributed by atoms with Gasteiger partial charge in [-0.15, -0.1) is 0 Å². The van der Waals surface area contributed by atoms with E-state index in [0.29, 0.717) is 17.3 Å². The summed E-state index contributed by atoms with van der Waals surface area (Å²) in [7, 11) is 0. The average molecular weight is 242 g/mol. The lowest BCUT2D eigenvalue weighted by molar-refractivity contribution is 0.480. The van der Waals surface area contributed by atoms with Crippen molar-refractivity contribution >= 4 is 16.6 Å². The van der Waals surface area contributed by atoms with Crippen LogP contribution in [-0.4, -0.2) is 15.2 Å². The first-order chi connectivity index (χ1) is 8.65. The van der Waals surface area contributed by atoms with Crippen molar-refractivity contribution < 1.29 is 4.42 Å². The highest BCUT2D eigenvalue weighted by molar-refractivity contribution is 5.93. The van der Waals surface area contributed by atoms with Gasteiger partial charge in [-0.2, -0.15) is 5.10 Å². The lowest BCUT2D eigenvalue weighted by atomic mass is 10.1.